The molecule has 1 atom stereocenters. The lowest BCUT2D eigenvalue weighted by molar-refractivity contribution is -0.115. The maximum absolute atomic E-state index is 12.4. The molecule has 2 N–H and O–H groups in total. The van der Waals surface area contributed by atoms with E-state index in [1.165, 1.54) is 16.4 Å². The van der Waals surface area contributed by atoms with Gasteiger partial charge in [0.1, 0.15) is 11.5 Å². The molecule has 0 fully saturated rings. The molecule has 0 aliphatic heterocycles. The lowest BCUT2D eigenvalue weighted by Crippen LogP contribution is -2.22. The summed E-state index contributed by atoms with van der Waals surface area (Å²) in [5.74, 6) is 0.710. The first-order chi connectivity index (χ1) is 12.6. The van der Waals surface area contributed by atoms with E-state index in [0.717, 1.165) is 5.75 Å². The van der Waals surface area contributed by atoms with Gasteiger partial charge in [-0.2, -0.15) is 4.68 Å². The molecule has 26 heavy (non-hydrogen) atoms. The third-order valence-electron chi connectivity index (χ3n) is 3.54. The Bertz CT molecular complexity index is 880. The van der Waals surface area contributed by atoms with Crippen molar-refractivity contribution in [1.82, 2.24) is 20.2 Å². The number of aromatic hydroxyl groups is 1. The Balaban J connectivity index is 1.67. The molecule has 1 aromatic heterocycles. The van der Waals surface area contributed by atoms with Crippen molar-refractivity contribution >= 4 is 23.4 Å². The van der Waals surface area contributed by atoms with Gasteiger partial charge in [0.15, 0.2) is 0 Å². The highest BCUT2D eigenvalue weighted by Gasteiger charge is 2.19. The van der Waals surface area contributed by atoms with Crippen molar-refractivity contribution in [3.8, 4) is 17.2 Å². The third-order valence-corrected chi connectivity index (χ3v) is 4.58. The summed E-state index contributed by atoms with van der Waals surface area (Å²) in [4.78, 5) is 12.4. The lowest BCUT2D eigenvalue weighted by atomic mass is 10.3. The van der Waals surface area contributed by atoms with Crippen LogP contribution < -0.4 is 10.1 Å². The molecule has 3 rings (SSSR count). The number of hydrogen-bond acceptors (Lipinski definition) is 7. The van der Waals surface area contributed by atoms with Crippen LogP contribution in [0.15, 0.2) is 53.7 Å². The first-order valence-corrected chi connectivity index (χ1v) is 8.64. The van der Waals surface area contributed by atoms with Crippen molar-refractivity contribution in [2.24, 2.45) is 0 Å². The molecule has 8 nitrogen and oxygen atoms in total. The molecule has 134 valence electrons. The van der Waals surface area contributed by atoms with Gasteiger partial charge in [0.05, 0.1) is 18.0 Å². The van der Waals surface area contributed by atoms with E-state index in [1.807, 2.05) is 0 Å². The second-order valence-electron chi connectivity index (χ2n) is 5.37. The molecule has 0 saturated carbocycles. The molecule has 0 bridgehead atoms. The van der Waals surface area contributed by atoms with Crippen LogP contribution in [0.1, 0.15) is 6.92 Å². The first-order valence-electron chi connectivity index (χ1n) is 7.76. The standard InChI is InChI=1S/C17H17N5O3S/c1-11(16(24)18-12-3-9-15(25-2)10-4-12)26-17-19-20-21-22(17)13-5-7-14(23)8-6-13/h3-11,23H,1-2H3,(H,18,24)/t11-/m0/s1. The molecule has 0 unspecified atom stereocenters. The Hall–Kier alpha value is -3.07. The fraction of sp³-hybridized carbons (Fsp3) is 0.176. The van der Waals surface area contributed by atoms with E-state index < -0.39 is 5.25 Å². The van der Waals surface area contributed by atoms with Gasteiger partial charge in [0, 0.05) is 5.69 Å². The van der Waals surface area contributed by atoms with Crippen LogP contribution in [0.2, 0.25) is 0 Å². The average Bonchev–Trinajstić information content (AvgIpc) is 3.11. The van der Waals surface area contributed by atoms with E-state index in [9.17, 15) is 9.90 Å². The predicted octanol–water partition coefficient (Wildman–Crippen LogP) is 2.50. The van der Waals surface area contributed by atoms with Gasteiger partial charge in [0.25, 0.3) is 0 Å². The zero-order chi connectivity index (χ0) is 18.5. The fourth-order valence-electron chi connectivity index (χ4n) is 2.14. The summed E-state index contributed by atoms with van der Waals surface area (Å²) in [6.07, 6.45) is 0. The van der Waals surface area contributed by atoms with Gasteiger partial charge in [0.2, 0.25) is 11.1 Å². The Labute approximate surface area is 154 Å². The van der Waals surface area contributed by atoms with E-state index in [-0.39, 0.29) is 11.7 Å². The zero-order valence-electron chi connectivity index (χ0n) is 14.2. The molecular weight excluding hydrogens is 354 g/mol. The summed E-state index contributed by atoms with van der Waals surface area (Å²) in [6.45, 7) is 1.78. The van der Waals surface area contributed by atoms with E-state index in [0.29, 0.717) is 16.5 Å². The number of tetrazole rings is 1. The highest BCUT2D eigenvalue weighted by Crippen LogP contribution is 2.25. The number of phenols is 1. The Kier molecular flexibility index (Phi) is 5.37. The van der Waals surface area contributed by atoms with Crippen LogP contribution in [0.25, 0.3) is 5.69 Å². The summed E-state index contributed by atoms with van der Waals surface area (Å²) >= 11 is 1.24. The minimum absolute atomic E-state index is 0.156. The molecule has 2 aromatic carbocycles. The number of thioether (sulfide) groups is 1. The van der Waals surface area contributed by atoms with Gasteiger partial charge in [-0.1, -0.05) is 11.8 Å². The lowest BCUT2D eigenvalue weighted by Gasteiger charge is -2.12. The van der Waals surface area contributed by atoms with E-state index in [1.54, 1.807) is 62.6 Å². The Morgan fingerprint density at radius 1 is 1.19 bits per heavy atom. The van der Waals surface area contributed by atoms with Crippen LogP contribution in [-0.4, -0.2) is 43.6 Å². The maximum atomic E-state index is 12.4. The summed E-state index contributed by atoms with van der Waals surface area (Å²) in [6, 6.07) is 13.6. The molecule has 0 spiro atoms. The number of hydrogen-bond donors (Lipinski definition) is 2. The largest absolute Gasteiger partial charge is 0.508 e. The van der Waals surface area contributed by atoms with Gasteiger partial charge in [-0.15, -0.1) is 5.10 Å². The van der Waals surface area contributed by atoms with Crippen LogP contribution in [0, 0.1) is 0 Å². The number of ether oxygens (including phenoxy) is 1. The minimum Gasteiger partial charge on any atom is -0.508 e. The summed E-state index contributed by atoms with van der Waals surface area (Å²) < 4.78 is 6.61. The first kappa shape index (κ1) is 17.7. The van der Waals surface area contributed by atoms with Gasteiger partial charge in [-0.25, -0.2) is 0 Å². The Morgan fingerprint density at radius 2 is 1.88 bits per heavy atom. The smallest absolute Gasteiger partial charge is 0.237 e. The molecule has 0 aliphatic rings. The van der Waals surface area contributed by atoms with E-state index in [2.05, 4.69) is 20.8 Å². The zero-order valence-corrected chi connectivity index (χ0v) is 15.0. The average molecular weight is 371 g/mol. The number of aromatic nitrogens is 4. The topological polar surface area (TPSA) is 102 Å². The van der Waals surface area contributed by atoms with Crippen LogP contribution in [-0.2, 0) is 4.79 Å². The molecule has 3 aromatic rings. The highest BCUT2D eigenvalue weighted by molar-refractivity contribution is 8.00. The number of carbonyl (C=O) groups is 1. The van der Waals surface area contributed by atoms with Crippen molar-refractivity contribution in [1.29, 1.82) is 0 Å². The summed E-state index contributed by atoms with van der Waals surface area (Å²) in [5, 5.41) is 23.9. The number of phenolic OH excluding ortho intramolecular Hbond substituents is 1. The van der Waals surface area contributed by atoms with Crippen molar-refractivity contribution in [3.05, 3.63) is 48.5 Å². The van der Waals surface area contributed by atoms with Crippen LogP contribution >= 0.6 is 11.8 Å². The number of methoxy groups -OCH3 is 1. The Morgan fingerprint density at radius 3 is 2.54 bits per heavy atom. The molecule has 0 saturated heterocycles. The molecule has 9 heteroatoms. The summed E-state index contributed by atoms with van der Waals surface area (Å²) in [7, 11) is 1.59. The number of benzene rings is 2. The van der Waals surface area contributed by atoms with Gasteiger partial charge in [-0.3, -0.25) is 4.79 Å². The van der Waals surface area contributed by atoms with Crippen LogP contribution in [0.4, 0.5) is 5.69 Å². The molecular formula is C17H17N5O3S. The van der Waals surface area contributed by atoms with Gasteiger partial charge >= 0.3 is 0 Å². The second kappa shape index (κ2) is 7.87. The normalized spacial score (nSPS) is 11.8. The number of rotatable bonds is 6. The van der Waals surface area contributed by atoms with Gasteiger partial charge < -0.3 is 15.2 Å². The number of amides is 1. The molecule has 0 aliphatic carbocycles. The quantitative estimate of drug-likeness (QED) is 0.642. The van der Waals surface area contributed by atoms with Crippen molar-refractivity contribution < 1.29 is 14.6 Å². The highest BCUT2D eigenvalue weighted by atomic mass is 32.2. The van der Waals surface area contributed by atoms with Crippen molar-refractivity contribution in [3.63, 3.8) is 0 Å². The van der Waals surface area contributed by atoms with E-state index in [4.69, 9.17) is 4.74 Å². The number of carbonyl (C=O) groups excluding carboxylic acids is 1. The number of nitrogens with one attached hydrogen (secondary N) is 1. The van der Waals surface area contributed by atoms with Crippen molar-refractivity contribution in [2.45, 2.75) is 17.3 Å². The third kappa shape index (κ3) is 4.12. The maximum Gasteiger partial charge on any atom is 0.237 e. The minimum atomic E-state index is -0.418. The summed E-state index contributed by atoms with van der Waals surface area (Å²) in [5.41, 5.74) is 1.37. The second-order valence-corrected chi connectivity index (χ2v) is 6.68. The SMILES string of the molecule is COc1ccc(NC(=O)[C@H](C)Sc2nnnn2-c2ccc(O)cc2)cc1. The van der Waals surface area contributed by atoms with Crippen LogP contribution in [0.3, 0.4) is 0 Å². The predicted molar refractivity (Wildman–Crippen MR) is 97.8 cm³/mol. The number of anilines is 1. The van der Waals surface area contributed by atoms with Crippen LogP contribution in [0.5, 0.6) is 11.5 Å². The van der Waals surface area contributed by atoms with Crippen molar-refractivity contribution in [2.75, 3.05) is 12.4 Å². The van der Waals surface area contributed by atoms with E-state index >= 15 is 0 Å². The molecule has 0 radical (unpaired) electrons. The molecule has 1 heterocycles. The fourth-order valence-corrected chi connectivity index (χ4v) is 2.95. The van der Waals surface area contributed by atoms with Gasteiger partial charge in [-0.05, 0) is 65.9 Å². The molecule has 1 amide bonds. The number of nitrogens with zero attached hydrogens (tertiary/aromatic N) is 4. The monoisotopic (exact) mass is 371 g/mol.